The number of allylic oxidation sites excluding steroid dienone is 1. The number of hydrogen-bond donors (Lipinski definition) is 0. The highest BCUT2D eigenvalue weighted by atomic mass is 16.7. The lowest BCUT2D eigenvalue weighted by Crippen LogP contribution is -2.23. The van der Waals surface area contributed by atoms with Gasteiger partial charge in [0.15, 0.2) is 6.29 Å². The minimum atomic E-state index is -0.0510. The number of fused-ring (bicyclic) bond motifs is 2. The standard InChI is InChI=1S/C15H18O2/c1-2-16-14-10-9-12-8-7-11-5-3-4-6-13(11)15(12)17-14/h3-6,14H,2,7-10H2,1H3. The third-order valence-corrected chi connectivity index (χ3v) is 3.56. The van der Waals surface area contributed by atoms with Gasteiger partial charge in [-0.2, -0.15) is 0 Å². The van der Waals surface area contributed by atoms with Gasteiger partial charge >= 0.3 is 0 Å². The summed E-state index contributed by atoms with van der Waals surface area (Å²) in [6.07, 6.45) is 4.36. The molecule has 1 unspecified atom stereocenters. The second-order valence-corrected chi connectivity index (χ2v) is 4.63. The summed E-state index contributed by atoms with van der Waals surface area (Å²) in [5.41, 5.74) is 4.15. The van der Waals surface area contributed by atoms with Gasteiger partial charge in [0.05, 0.1) is 0 Å². The molecule has 0 aromatic heterocycles. The number of benzene rings is 1. The number of hydrogen-bond acceptors (Lipinski definition) is 2. The topological polar surface area (TPSA) is 18.5 Å². The first kappa shape index (κ1) is 10.8. The molecule has 0 spiro atoms. The van der Waals surface area contributed by atoms with E-state index in [9.17, 15) is 0 Å². The molecule has 17 heavy (non-hydrogen) atoms. The van der Waals surface area contributed by atoms with E-state index in [1.54, 1.807) is 0 Å². The molecule has 0 fully saturated rings. The molecule has 1 aromatic carbocycles. The maximum Gasteiger partial charge on any atom is 0.200 e. The molecule has 0 amide bonds. The highest BCUT2D eigenvalue weighted by Gasteiger charge is 2.27. The van der Waals surface area contributed by atoms with E-state index in [4.69, 9.17) is 9.47 Å². The minimum absolute atomic E-state index is 0.0510. The Morgan fingerprint density at radius 2 is 2.12 bits per heavy atom. The first-order valence-corrected chi connectivity index (χ1v) is 6.47. The summed E-state index contributed by atoms with van der Waals surface area (Å²) in [4.78, 5) is 0. The van der Waals surface area contributed by atoms with Crippen molar-refractivity contribution in [2.75, 3.05) is 6.61 Å². The van der Waals surface area contributed by atoms with Crippen molar-refractivity contribution < 1.29 is 9.47 Å². The largest absolute Gasteiger partial charge is 0.464 e. The van der Waals surface area contributed by atoms with Crippen LogP contribution in [0.25, 0.3) is 5.76 Å². The smallest absolute Gasteiger partial charge is 0.200 e. The summed E-state index contributed by atoms with van der Waals surface area (Å²) < 4.78 is 11.6. The fraction of sp³-hybridized carbons (Fsp3) is 0.467. The monoisotopic (exact) mass is 230 g/mol. The first-order chi connectivity index (χ1) is 8.38. The third-order valence-electron chi connectivity index (χ3n) is 3.56. The van der Waals surface area contributed by atoms with Crippen LogP contribution < -0.4 is 0 Å². The molecule has 1 atom stereocenters. The fourth-order valence-electron chi connectivity index (χ4n) is 2.72. The van der Waals surface area contributed by atoms with Crippen LogP contribution in [0.2, 0.25) is 0 Å². The fourth-order valence-corrected chi connectivity index (χ4v) is 2.72. The normalized spacial score (nSPS) is 22.8. The highest BCUT2D eigenvalue weighted by Crippen LogP contribution is 2.38. The van der Waals surface area contributed by atoms with Crippen molar-refractivity contribution in [3.63, 3.8) is 0 Å². The van der Waals surface area contributed by atoms with Gasteiger partial charge in [0.2, 0.25) is 0 Å². The Hall–Kier alpha value is -1.28. The van der Waals surface area contributed by atoms with Gasteiger partial charge < -0.3 is 9.47 Å². The van der Waals surface area contributed by atoms with Crippen LogP contribution in [0.4, 0.5) is 0 Å². The average Bonchev–Trinajstić information content (AvgIpc) is 2.39. The van der Waals surface area contributed by atoms with Gasteiger partial charge in [0.1, 0.15) is 5.76 Å². The maximum absolute atomic E-state index is 6.01. The Labute approximate surface area is 102 Å². The molecule has 2 aliphatic rings. The second kappa shape index (κ2) is 4.53. The SMILES string of the molecule is CCOC1CCC2=C(O1)c1ccccc1CC2. The molecule has 2 nitrogen and oxygen atoms in total. The molecule has 1 aliphatic heterocycles. The van der Waals surface area contributed by atoms with Crippen LogP contribution >= 0.6 is 0 Å². The molecule has 0 saturated carbocycles. The zero-order valence-electron chi connectivity index (χ0n) is 10.2. The lowest BCUT2D eigenvalue weighted by atomic mass is 9.87. The van der Waals surface area contributed by atoms with Crippen LogP contribution in [0, 0.1) is 0 Å². The lowest BCUT2D eigenvalue weighted by molar-refractivity contribution is -0.102. The van der Waals surface area contributed by atoms with Crippen molar-refractivity contribution in [3.8, 4) is 0 Å². The van der Waals surface area contributed by atoms with Crippen molar-refractivity contribution >= 4 is 5.76 Å². The average molecular weight is 230 g/mol. The molecule has 90 valence electrons. The number of aryl methyl sites for hydroxylation is 1. The van der Waals surface area contributed by atoms with Gasteiger partial charge in [-0.15, -0.1) is 0 Å². The van der Waals surface area contributed by atoms with Crippen LogP contribution in [0.15, 0.2) is 29.8 Å². The zero-order chi connectivity index (χ0) is 11.7. The van der Waals surface area contributed by atoms with E-state index in [2.05, 4.69) is 24.3 Å². The van der Waals surface area contributed by atoms with Crippen molar-refractivity contribution in [1.82, 2.24) is 0 Å². The zero-order valence-corrected chi connectivity index (χ0v) is 10.2. The first-order valence-electron chi connectivity index (χ1n) is 6.47. The van der Waals surface area contributed by atoms with Crippen molar-refractivity contribution in [3.05, 3.63) is 41.0 Å². The molecular weight excluding hydrogens is 212 g/mol. The summed E-state index contributed by atoms with van der Waals surface area (Å²) in [5, 5.41) is 0. The predicted octanol–water partition coefficient (Wildman–Crippen LogP) is 3.52. The van der Waals surface area contributed by atoms with Gasteiger partial charge in [0, 0.05) is 18.6 Å². The number of ether oxygens (including phenoxy) is 2. The van der Waals surface area contributed by atoms with E-state index in [0.29, 0.717) is 0 Å². The third kappa shape index (κ3) is 1.98. The molecule has 0 radical (unpaired) electrons. The minimum Gasteiger partial charge on any atom is -0.464 e. The molecule has 1 heterocycles. The van der Waals surface area contributed by atoms with E-state index in [1.165, 1.54) is 16.7 Å². The van der Waals surface area contributed by atoms with E-state index < -0.39 is 0 Å². The quantitative estimate of drug-likeness (QED) is 0.774. The van der Waals surface area contributed by atoms with Gasteiger partial charge in [-0.1, -0.05) is 24.3 Å². The lowest BCUT2D eigenvalue weighted by Gasteiger charge is -2.32. The molecule has 2 heteroatoms. The Balaban J connectivity index is 1.93. The van der Waals surface area contributed by atoms with Crippen molar-refractivity contribution in [2.45, 2.75) is 38.9 Å². The van der Waals surface area contributed by atoms with Crippen molar-refractivity contribution in [2.24, 2.45) is 0 Å². The Morgan fingerprint density at radius 1 is 1.24 bits per heavy atom. The summed E-state index contributed by atoms with van der Waals surface area (Å²) in [7, 11) is 0. The maximum atomic E-state index is 6.01. The Morgan fingerprint density at radius 3 is 3.00 bits per heavy atom. The molecule has 1 aromatic rings. The van der Waals surface area contributed by atoms with Crippen LogP contribution in [-0.4, -0.2) is 12.9 Å². The van der Waals surface area contributed by atoms with Crippen molar-refractivity contribution in [1.29, 1.82) is 0 Å². The van der Waals surface area contributed by atoms with Crippen LogP contribution in [-0.2, 0) is 15.9 Å². The number of rotatable bonds is 2. The van der Waals surface area contributed by atoms with Crippen LogP contribution in [0.5, 0.6) is 0 Å². The van der Waals surface area contributed by atoms with E-state index >= 15 is 0 Å². The van der Waals surface area contributed by atoms with Gasteiger partial charge in [0.25, 0.3) is 0 Å². The Bertz CT molecular complexity index is 448. The van der Waals surface area contributed by atoms with Crippen LogP contribution in [0.3, 0.4) is 0 Å². The molecule has 0 bridgehead atoms. The molecule has 3 rings (SSSR count). The molecule has 0 saturated heterocycles. The molecule has 0 N–H and O–H groups in total. The van der Waals surface area contributed by atoms with Crippen LogP contribution in [0.1, 0.15) is 37.3 Å². The summed E-state index contributed by atoms with van der Waals surface area (Å²) in [5.74, 6) is 1.09. The van der Waals surface area contributed by atoms with E-state index in [-0.39, 0.29) is 6.29 Å². The second-order valence-electron chi connectivity index (χ2n) is 4.63. The summed E-state index contributed by atoms with van der Waals surface area (Å²) >= 11 is 0. The Kier molecular flexibility index (Phi) is 2.89. The van der Waals surface area contributed by atoms with E-state index in [1.807, 2.05) is 6.92 Å². The van der Waals surface area contributed by atoms with Gasteiger partial charge in [-0.25, -0.2) is 0 Å². The summed E-state index contributed by atoms with van der Waals surface area (Å²) in [6.45, 7) is 2.73. The molecular formula is C15H18O2. The van der Waals surface area contributed by atoms with E-state index in [0.717, 1.165) is 38.0 Å². The summed E-state index contributed by atoms with van der Waals surface area (Å²) in [6, 6.07) is 8.56. The van der Waals surface area contributed by atoms with Gasteiger partial charge in [-0.3, -0.25) is 0 Å². The highest BCUT2D eigenvalue weighted by molar-refractivity contribution is 5.68. The van der Waals surface area contributed by atoms with Gasteiger partial charge in [-0.05, 0) is 37.3 Å². The predicted molar refractivity (Wildman–Crippen MR) is 67.4 cm³/mol. The molecule has 1 aliphatic carbocycles.